The highest BCUT2D eigenvalue weighted by atomic mass is 31.1. The summed E-state index contributed by atoms with van der Waals surface area (Å²) in [4.78, 5) is 8.35. The molecule has 0 heterocycles. The molecule has 1 unspecified atom stereocenters. The maximum atomic E-state index is 10.2. The molecule has 1 atom stereocenters. The molecular weight excluding hydrogens is 227 g/mol. The molecule has 0 aromatic heterocycles. The van der Waals surface area contributed by atoms with E-state index in [0.29, 0.717) is 5.56 Å². The van der Waals surface area contributed by atoms with E-state index in [1.54, 1.807) is 18.2 Å². The number of para-hydroxylation sites is 1. The Morgan fingerprint density at radius 3 is 2.25 bits per heavy atom. The Labute approximate surface area is 96.8 Å². The predicted octanol–water partition coefficient (Wildman–Crippen LogP) is 3.10. The second-order valence-electron chi connectivity index (χ2n) is 3.18. The van der Waals surface area contributed by atoms with Crippen LogP contribution >= 0.6 is 8.25 Å². The molecule has 0 aliphatic heterocycles. The molecule has 0 fully saturated rings. The zero-order chi connectivity index (χ0) is 12.4. The highest BCUT2D eigenvalue weighted by Gasteiger charge is 2.00. The average molecular weight is 246 g/mol. The Balaban J connectivity index is 0.000000487. The van der Waals surface area contributed by atoms with E-state index in [2.05, 4.69) is 18.4 Å². The van der Waals surface area contributed by atoms with Gasteiger partial charge in [0.2, 0.25) is 0 Å². The van der Waals surface area contributed by atoms with Gasteiger partial charge in [0.05, 0.1) is 6.61 Å². The molecule has 0 saturated carbocycles. The van der Waals surface area contributed by atoms with Gasteiger partial charge in [-0.2, -0.15) is 0 Å². The number of rotatable bonds is 4. The normalized spacial score (nSPS) is 11.4. The van der Waals surface area contributed by atoms with Crippen molar-refractivity contribution in [3.8, 4) is 5.75 Å². The number of unbranched alkanes of at least 4 members (excludes halogenated alkanes) is 1. The first kappa shape index (κ1) is 15.2. The van der Waals surface area contributed by atoms with Gasteiger partial charge >= 0.3 is 8.25 Å². The van der Waals surface area contributed by atoms with Gasteiger partial charge in [-0.25, -0.2) is 0 Å². The number of aromatic hydroxyl groups is 1. The van der Waals surface area contributed by atoms with Crippen molar-refractivity contribution >= 4 is 8.25 Å². The molecular formula is C11H19O4P. The van der Waals surface area contributed by atoms with E-state index in [9.17, 15) is 9.67 Å². The van der Waals surface area contributed by atoms with E-state index in [-0.39, 0.29) is 12.4 Å². The maximum absolute atomic E-state index is 10.2. The van der Waals surface area contributed by atoms with E-state index in [1.807, 2.05) is 0 Å². The van der Waals surface area contributed by atoms with Crippen molar-refractivity contribution in [1.29, 1.82) is 0 Å². The van der Waals surface area contributed by atoms with Crippen LogP contribution in [0.3, 0.4) is 0 Å². The molecule has 5 heteroatoms. The summed E-state index contributed by atoms with van der Waals surface area (Å²) in [5.41, 5.74) is 0.505. The summed E-state index contributed by atoms with van der Waals surface area (Å²) < 4.78 is 14.6. The summed E-state index contributed by atoms with van der Waals surface area (Å²) in [6.07, 6.45) is 2.64. The summed E-state index contributed by atoms with van der Waals surface area (Å²) in [5.74, 6) is 0.0701. The Morgan fingerprint density at radius 2 is 1.81 bits per heavy atom. The number of phenolic OH excluding ortho intramolecular Hbond substituents is 1. The van der Waals surface area contributed by atoms with Gasteiger partial charge in [-0.3, -0.25) is 4.57 Å². The highest BCUT2D eigenvalue weighted by molar-refractivity contribution is 7.32. The quantitative estimate of drug-likeness (QED) is 0.801. The SMILES string of the molecule is CCCC.O=[PH](O)OCc1ccccc1O. The average Bonchev–Trinajstić information content (AvgIpc) is 2.28. The predicted molar refractivity (Wildman–Crippen MR) is 64.7 cm³/mol. The van der Waals surface area contributed by atoms with Crippen LogP contribution in [0, 0.1) is 0 Å². The Bertz CT molecular complexity index is 313. The van der Waals surface area contributed by atoms with Crippen LogP contribution < -0.4 is 0 Å². The van der Waals surface area contributed by atoms with Crippen molar-refractivity contribution in [2.24, 2.45) is 0 Å². The number of phenols is 1. The third kappa shape index (κ3) is 7.46. The summed E-state index contributed by atoms with van der Waals surface area (Å²) in [6, 6.07) is 6.50. The van der Waals surface area contributed by atoms with Gasteiger partial charge in [-0.15, -0.1) is 0 Å². The molecule has 0 spiro atoms. The lowest BCUT2D eigenvalue weighted by atomic mass is 10.2. The van der Waals surface area contributed by atoms with Crippen molar-refractivity contribution in [3.05, 3.63) is 29.8 Å². The third-order valence-electron chi connectivity index (χ3n) is 1.84. The maximum Gasteiger partial charge on any atom is 0.316 e. The highest BCUT2D eigenvalue weighted by Crippen LogP contribution is 2.22. The lowest BCUT2D eigenvalue weighted by Gasteiger charge is -2.02. The summed E-state index contributed by atoms with van der Waals surface area (Å²) in [7, 11) is -2.91. The molecule has 0 aliphatic rings. The lowest BCUT2D eigenvalue weighted by Crippen LogP contribution is -1.85. The number of hydrogen-bond acceptors (Lipinski definition) is 3. The molecule has 1 aromatic carbocycles. The zero-order valence-electron chi connectivity index (χ0n) is 9.64. The van der Waals surface area contributed by atoms with Crippen molar-refractivity contribution in [2.75, 3.05) is 0 Å². The minimum Gasteiger partial charge on any atom is -0.508 e. The Morgan fingerprint density at radius 1 is 1.25 bits per heavy atom. The summed E-state index contributed by atoms with van der Waals surface area (Å²) in [5, 5.41) is 9.17. The van der Waals surface area contributed by atoms with Crippen LogP contribution in [-0.2, 0) is 15.7 Å². The Kier molecular flexibility index (Phi) is 8.91. The monoisotopic (exact) mass is 246 g/mol. The fraction of sp³-hybridized carbons (Fsp3) is 0.455. The van der Waals surface area contributed by atoms with Gasteiger partial charge in [-0.1, -0.05) is 44.9 Å². The molecule has 1 rings (SSSR count). The van der Waals surface area contributed by atoms with Crippen molar-refractivity contribution in [3.63, 3.8) is 0 Å². The molecule has 16 heavy (non-hydrogen) atoms. The molecule has 92 valence electrons. The first-order chi connectivity index (χ1) is 7.61. The molecule has 0 amide bonds. The van der Waals surface area contributed by atoms with Crippen LogP contribution in [0.15, 0.2) is 24.3 Å². The summed E-state index contributed by atoms with van der Waals surface area (Å²) >= 11 is 0. The largest absolute Gasteiger partial charge is 0.508 e. The van der Waals surface area contributed by atoms with E-state index >= 15 is 0 Å². The molecule has 2 N–H and O–H groups in total. The minimum atomic E-state index is -2.91. The van der Waals surface area contributed by atoms with E-state index in [1.165, 1.54) is 18.9 Å². The minimum absolute atomic E-state index is 0.0407. The van der Waals surface area contributed by atoms with E-state index in [4.69, 9.17) is 4.89 Å². The number of hydrogen-bond donors (Lipinski definition) is 2. The van der Waals surface area contributed by atoms with Gasteiger partial charge in [0.25, 0.3) is 0 Å². The Hall–Kier alpha value is -0.830. The third-order valence-corrected chi connectivity index (χ3v) is 2.23. The van der Waals surface area contributed by atoms with Crippen molar-refractivity contribution < 1.29 is 19.1 Å². The van der Waals surface area contributed by atoms with Crippen LogP contribution in [0.1, 0.15) is 32.3 Å². The van der Waals surface area contributed by atoms with E-state index < -0.39 is 8.25 Å². The lowest BCUT2D eigenvalue weighted by molar-refractivity contribution is 0.268. The van der Waals surface area contributed by atoms with Gasteiger partial charge in [0, 0.05) is 5.56 Å². The number of benzene rings is 1. The van der Waals surface area contributed by atoms with Gasteiger partial charge < -0.3 is 14.5 Å². The first-order valence-electron chi connectivity index (χ1n) is 5.24. The molecule has 0 saturated heterocycles. The summed E-state index contributed by atoms with van der Waals surface area (Å²) in [6.45, 7) is 4.32. The standard InChI is InChI=1S/C7H9O4P.C4H10/c8-7-4-2-1-3-6(7)5-11-12(9)10;1-3-4-2/h1-4,8,12H,5H2,(H,9,10);3-4H2,1-2H3. The van der Waals surface area contributed by atoms with Crippen LogP contribution in [0.2, 0.25) is 0 Å². The van der Waals surface area contributed by atoms with Crippen LogP contribution in [0.5, 0.6) is 5.75 Å². The molecule has 1 aromatic rings. The zero-order valence-corrected chi connectivity index (χ0v) is 10.6. The first-order valence-corrected chi connectivity index (χ1v) is 6.50. The fourth-order valence-corrected chi connectivity index (χ4v) is 1.05. The molecule has 0 bridgehead atoms. The molecule has 0 radical (unpaired) electrons. The fourth-order valence-electron chi connectivity index (χ4n) is 0.772. The van der Waals surface area contributed by atoms with E-state index in [0.717, 1.165) is 0 Å². The van der Waals surface area contributed by atoms with Gasteiger partial charge in [-0.05, 0) is 6.07 Å². The van der Waals surface area contributed by atoms with Crippen LogP contribution in [0.25, 0.3) is 0 Å². The topological polar surface area (TPSA) is 66.8 Å². The smallest absolute Gasteiger partial charge is 0.316 e. The van der Waals surface area contributed by atoms with Crippen LogP contribution in [-0.4, -0.2) is 10.00 Å². The van der Waals surface area contributed by atoms with Crippen molar-refractivity contribution in [1.82, 2.24) is 0 Å². The van der Waals surface area contributed by atoms with Crippen LogP contribution in [0.4, 0.5) is 0 Å². The molecule has 0 aliphatic carbocycles. The van der Waals surface area contributed by atoms with Gasteiger partial charge in [0.1, 0.15) is 5.75 Å². The molecule has 4 nitrogen and oxygen atoms in total. The van der Waals surface area contributed by atoms with Crippen molar-refractivity contribution in [2.45, 2.75) is 33.3 Å². The second-order valence-corrected chi connectivity index (χ2v) is 4.00. The second kappa shape index (κ2) is 9.40. The van der Waals surface area contributed by atoms with Gasteiger partial charge in [0.15, 0.2) is 0 Å².